The van der Waals surface area contributed by atoms with Crippen LogP contribution in [0.3, 0.4) is 0 Å². The van der Waals surface area contributed by atoms with Crippen LogP contribution in [0.1, 0.15) is 17.5 Å². The van der Waals surface area contributed by atoms with E-state index in [2.05, 4.69) is 10.7 Å². The largest absolute Gasteiger partial charge is 0.493 e. The van der Waals surface area contributed by atoms with Gasteiger partial charge in [0.05, 0.1) is 21.3 Å². The van der Waals surface area contributed by atoms with Crippen LogP contribution in [0.25, 0.3) is 0 Å². The van der Waals surface area contributed by atoms with Gasteiger partial charge in [-0.25, -0.2) is 0 Å². The van der Waals surface area contributed by atoms with Gasteiger partial charge in [0.1, 0.15) is 0 Å². The first-order valence-electron chi connectivity index (χ1n) is 9.12. The average Bonchev–Trinajstić information content (AvgIpc) is 2.75. The van der Waals surface area contributed by atoms with Gasteiger partial charge in [0.25, 0.3) is 0 Å². The molecule has 0 bridgehead atoms. The molecule has 0 saturated heterocycles. The van der Waals surface area contributed by atoms with E-state index in [1.54, 1.807) is 28.4 Å². The third-order valence-electron chi connectivity index (χ3n) is 4.25. The van der Waals surface area contributed by atoms with Crippen molar-refractivity contribution in [3.8, 4) is 17.2 Å². The minimum atomic E-state index is -0.148. The second kappa shape index (κ2) is 11.1. The van der Waals surface area contributed by atoms with Gasteiger partial charge in [0.15, 0.2) is 16.6 Å². The molecule has 2 aromatic rings. The van der Waals surface area contributed by atoms with E-state index < -0.39 is 0 Å². The predicted octanol–water partition coefficient (Wildman–Crippen LogP) is 2.68. The molecule has 0 heterocycles. The van der Waals surface area contributed by atoms with Gasteiger partial charge in [0, 0.05) is 20.0 Å². The van der Waals surface area contributed by atoms with Crippen molar-refractivity contribution in [2.45, 2.75) is 19.4 Å². The van der Waals surface area contributed by atoms with E-state index in [1.165, 1.54) is 5.01 Å². The molecule has 2 rings (SSSR count). The van der Waals surface area contributed by atoms with Gasteiger partial charge < -0.3 is 19.5 Å². The highest BCUT2D eigenvalue weighted by Crippen LogP contribution is 2.38. The van der Waals surface area contributed by atoms with Gasteiger partial charge >= 0.3 is 0 Å². The number of nitrogens with one attached hydrogen (secondary N) is 2. The topological polar surface area (TPSA) is 72.1 Å². The molecule has 0 aliphatic heterocycles. The Bertz CT molecular complexity index is 805. The third kappa shape index (κ3) is 6.53. The molecule has 2 N–H and O–H groups in total. The molecular weight excluding hydrogens is 390 g/mol. The summed E-state index contributed by atoms with van der Waals surface area (Å²) in [5.74, 6) is 1.50. The first kappa shape index (κ1) is 22.3. The van der Waals surface area contributed by atoms with Crippen molar-refractivity contribution in [3.05, 3.63) is 53.6 Å². The summed E-state index contributed by atoms with van der Waals surface area (Å²) in [5, 5.41) is 5.07. The number of carbonyl (C=O) groups is 1. The van der Waals surface area contributed by atoms with Crippen LogP contribution in [0.15, 0.2) is 42.5 Å². The van der Waals surface area contributed by atoms with E-state index in [9.17, 15) is 4.79 Å². The Morgan fingerprint density at radius 3 is 2.17 bits per heavy atom. The molecule has 2 aromatic carbocycles. The summed E-state index contributed by atoms with van der Waals surface area (Å²) >= 11 is 5.32. The maximum absolute atomic E-state index is 12.3. The quantitative estimate of drug-likeness (QED) is 0.505. The lowest BCUT2D eigenvalue weighted by atomic mass is 10.1. The number of carbonyl (C=O) groups excluding carboxylic acids is 1. The lowest BCUT2D eigenvalue weighted by molar-refractivity contribution is -0.123. The Labute approximate surface area is 176 Å². The molecule has 0 aromatic heterocycles. The average molecular weight is 418 g/mol. The Kier molecular flexibility index (Phi) is 8.54. The number of rotatable bonds is 8. The molecular formula is C21H27N3O4S. The molecule has 0 spiro atoms. The monoisotopic (exact) mass is 417 g/mol. The lowest BCUT2D eigenvalue weighted by Crippen LogP contribution is -2.47. The fourth-order valence-corrected chi connectivity index (χ4v) is 2.84. The Morgan fingerprint density at radius 2 is 1.62 bits per heavy atom. The summed E-state index contributed by atoms with van der Waals surface area (Å²) in [5.41, 5.74) is 4.78. The number of hydrogen-bond donors (Lipinski definition) is 2. The van der Waals surface area contributed by atoms with E-state index >= 15 is 0 Å². The third-order valence-corrected chi connectivity index (χ3v) is 4.67. The molecule has 156 valence electrons. The molecule has 0 saturated carbocycles. The molecule has 0 aliphatic rings. The van der Waals surface area contributed by atoms with Crippen molar-refractivity contribution >= 4 is 23.2 Å². The van der Waals surface area contributed by atoms with Gasteiger partial charge in [-0.1, -0.05) is 30.3 Å². The highest BCUT2D eigenvalue weighted by atomic mass is 32.1. The van der Waals surface area contributed by atoms with E-state index in [-0.39, 0.29) is 12.3 Å². The zero-order valence-electron chi connectivity index (χ0n) is 17.2. The molecule has 0 aliphatic carbocycles. The van der Waals surface area contributed by atoms with Crippen LogP contribution in [-0.2, 0) is 17.8 Å². The van der Waals surface area contributed by atoms with E-state index in [0.29, 0.717) is 35.3 Å². The maximum Gasteiger partial charge on any atom is 0.238 e. The van der Waals surface area contributed by atoms with E-state index in [0.717, 1.165) is 11.1 Å². The minimum absolute atomic E-state index is 0.148. The number of hydrogen-bond acceptors (Lipinski definition) is 5. The number of benzene rings is 2. The number of amides is 1. The van der Waals surface area contributed by atoms with Crippen molar-refractivity contribution in [2.24, 2.45) is 0 Å². The van der Waals surface area contributed by atoms with Crippen molar-refractivity contribution in [2.75, 3.05) is 28.4 Å². The summed E-state index contributed by atoms with van der Waals surface area (Å²) in [7, 11) is 6.38. The fraction of sp³-hybridized carbons (Fsp3) is 0.333. The number of hydrazine groups is 1. The van der Waals surface area contributed by atoms with Crippen LogP contribution >= 0.6 is 12.2 Å². The summed E-state index contributed by atoms with van der Waals surface area (Å²) < 4.78 is 16.0. The molecule has 7 nitrogen and oxygen atoms in total. The number of nitrogens with zero attached hydrogens (tertiary/aromatic N) is 1. The molecule has 0 radical (unpaired) electrons. The second-order valence-corrected chi connectivity index (χ2v) is 6.66. The lowest BCUT2D eigenvalue weighted by Gasteiger charge is -2.22. The highest BCUT2D eigenvalue weighted by molar-refractivity contribution is 7.80. The molecule has 0 atom stereocenters. The summed E-state index contributed by atoms with van der Waals surface area (Å²) in [6.45, 7) is 0.589. The fourth-order valence-electron chi connectivity index (χ4n) is 2.72. The van der Waals surface area contributed by atoms with E-state index in [4.69, 9.17) is 26.4 Å². The first-order chi connectivity index (χ1) is 14.0. The van der Waals surface area contributed by atoms with Crippen LogP contribution in [0, 0.1) is 0 Å². The first-order valence-corrected chi connectivity index (χ1v) is 9.53. The number of methoxy groups -OCH3 is 3. The van der Waals surface area contributed by atoms with Gasteiger partial charge in [-0.15, -0.1) is 0 Å². The molecule has 29 heavy (non-hydrogen) atoms. The van der Waals surface area contributed by atoms with Crippen molar-refractivity contribution < 1.29 is 19.0 Å². The number of aryl methyl sites for hydroxylation is 1. The Morgan fingerprint density at radius 1 is 1.00 bits per heavy atom. The summed E-state index contributed by atoms with van der Waals surface area (Å²) in [6, 6.07) is 13.6. The van der Waals surface area contributed by atoms with Crippen molar-refractivity contribution in [3.63, 3.8) is 0 Å². The minimum Gasteiger partial charge on any atom is -0.493 e. The summed E-state index contributed by atoms with van der Waals surface area (Å²) in [4.78, 5) is 12.3. The maximum atomic E-state index is 12.3. The normalized spacial score (nSPS) is 10.1. The van der Waals surface area contributed by atoms with E-state index in [1.807, 2.05) is 42.5 Å². The molecule has 1 amide bonds. The standard InChI is InChI=1S/C21H27N3O4S/c1-24(21(29)22-14-15-8-6-5-7-9-15)23-19(25)11-10-16-12-17(26-2)20(28-4)18(13-16)27-3/h5-9,12-13H,10-11,14H2,1-4H3,(H,22,29)(H,23,25). The van der Waals surface area contributed by atoms with Gasteiger partial charge in [-0.2, -0.15) is 0 Å². The van der Waals surface area contributed by atoms with Crippen molar-refractivity contribution in [1.29, 1.82) is 0 Å². The summed E-state index contributed by atoms with van der Waals surface area (Å²) in [6.07, 6.45) is 0.796. The SMILES string of the molecule is COc1cc(CCC(=O)NN(C)C(=S)NCc2ccccc2)cc(OC)c1OC. The highest BCUT2D eigenvalue weighted by Gasteiger charge is 2.14. The van der Waals surface area contributed by atoms with Gasteiger partial charge in [-0.05, 0) is 41.9 Å². The second-order valence-electron chi connectivity index (χ2n) is 6.27. The van der Waals surface area contributed by atoms with Crippen LogP contribution in [0.2, 0.25) is 0 Å². The van der Waals surface area contributed by atoms with Crippen LogP contribution in [0.4, 0.5) is 0 Å². The Balaban J connectivity index is 1.86. The van der Waals surface area contributed by atoms with Crippen LogP contribution < -0.4 is 25.0 Å². The molecule has 8 heteroatoms. The number of thiocarbonyl (C=S) groups is 1. The molecule has 0 fully saturated rings. The zero-order valence-corrected chi connectivity index (χ0v) is 18.0. The van der Waals surface area contributed by atoms with Crippen LogP contribution in [0.5, 0.6) is 17.2 Å². The predicted molar refractivity (Wildman–Crippen MR) is 116 cm³/mol. The smallest absolute Gasteiger partial charge is 0.238 e. The molecule has 0 unspecified atom stereocenters. The van der Waals surface area contributed by atoms with Gasteiger partial charge in [0.2, 0.25) is 11.7 Å². The zero-order chi connectivity index (χ0) is 21.2. The Hall–Kier alpha value is -3.00. The van der Waals surface area contributed by atoms with Crippen LogP contribution in [-0.4, -0.2) is 44.4 Å². The number of ether oxygens (including phenoxy) is 3. The van der Waals surface area contributed by atoms with Crippen molar-refractivity contribution in [1.82, 2.24) is 15.8 Å². The van der Waals surface area contributed by atoms with Gasteiger partial charge in [-0.3, -0.25) is 15.2 Å².